The zero-order chi connectivity index (χ0) is 28.3. The van der Waals surface area contributed by atoms with Gasteiger partial charge in [-0.05, 0) is 37.5 Å². The number of rotatable bonds is 11. The van der Waals surface area contributed by atoms with Gasteiger partial charge >= 0.3 is 17.9 Å². The highest BCUT2D eigenvalue weighted by molar-refractivity contribution is 5.88. The normalized spacial score (nSPS) is 17.1. The topological polar surface area (TPSA) is 123 Å². The molecule has 1 unspecified atom stereocenters. The Morgan fingerprint density at radius 3 is 2.65 bits per heavy atom. The van der Waals surface area contributed by atoms with Crippen LogP contribution in [0.25, 0.3) is 22.3 Å². The summed E-state index contributed by atoms with van der Waals surface area (Å²) in [4.78, 5) is 56.4. The lowest BCUT2D eigenvalue weighted by atomic mass is 9.85. The number of cyclic esters (lactones) is 1. The molecule has 0 saturated heterocycles. The summed E-state index contributed by atoms with van der Waals surface area (Å²) >= 11 is 0. The van der Waals surface area contributed by atoms with Crippen molar-refractivity contribution in [1.82, 2.24) is 9.55 Å². The maximum absolute atomic E-state index is 13.6. The summed E-state index contributed by atoms with van der Waals surface area (Å²) in [7, 11) is 0. The Morgan fingerprint density at radius 2 is 1.85 bits per heavy atom. The number of para-hydroxylation sites is 1. The number of pyridine rings is 2. The van der Waals surface area contributed by atoms with Crippen LogP contribution in [0.1, 0.15) is 62.6 Å². The van der Waals surface area contributed by atoms with Gasteiger partial charge in [-0.25, -0.2) is 9.78 Å². The Kier molecular flexibility index (Phi) is 7.97. The zero-order valence-electron chi connectivity index (χ0n) is 22.7. The lowest BCUT2D eigenvalue weighted by Gasteiger charge is -2.35. The van der Waals surface area contributed by atoms with E-state index in [1.165, 1.54) is 0 Å². The fourth-order valence-electron chi connectivity index (χ4n) is 5.24. The van der Waals surface area contributed by atoms with E-state index in [1.54, 1.807) is 17.6 Å². The molecule has 4 heterocycles. The molecule has 2 aliphatic heterocycles. The first-order chi connectivity index (χ1) is 19.4. The Bertz CT molecular complexity index is 1530. The Morgan fingerprint density at radius 1 is 1.05 bits per heavy atom. The lowest BCUT2D eigenvalue weighted by Crippen LogP contribution is -2.47. The van der Waals surface area contributed by atoms with Crippen LogP contribution in [-0.2, 0) is 52.1 Å². The summed E-state index contributed by atoms with van der Waals surface area (Å²) in [6, 6.07) is 11.5. The van der Waals surface area contributed by atoms with Crippen LogP contribution in [-0.4, -0.2) is 47.3 Å². The van der Waals surface area contributed by atoms with Crippen molar-refractivity contribution in [3.05, 3.63) is 63.4 Å². The highest BCUT2D eigenvalue weighted by Gasteiger charge is 2.50. The molecule has 0 bridgehead atoms. The molecule has 210 valence electrons. The second-order valence-corrected chi connectivity index (χ2v) is 9.92. The SMILES string of the molecule is CCCOCCOC(=O)CCCC(=O)OC1(CC)C(=O)OCc2c1cc1n(c2=O)Cc2cc3ccccc3nc2-1. The number of benzene rings is 1. The molecule has 0 amide bonds. The summed E-state index contributed by atoms with van der Waals surface area (Å²) in [5, 5.41) is 0.968. The van der Waals surface area contributed by atoms with Crippen LogP contribution in [0.15, 0.2) is 41.2 Å². The van der Waals surface area contributed by atoms with Gasteiger partial charge in [-0.2, -0.15) is 0 Å². The van der Waals surface area contributed by atoms with E-state index in [9.17, 15) is 19.2 Å². The second-order valence-electron chi connectivity index (χ2n) is 9.92. The van der Waals surface area contributed by atoms with Gasteiger partial charge in [0.25, 0.3) is 5.56 Å². The molecule has 5 rings (SSSR count). The number of carbonyl (C=O) groups excluding carboxylic acids is 3. The summed E-state index contributed by atoms with van der Waals surface area (Å²) in [6.45, 7) is 4.91. The fourth-order valence-corrected chi connectivity index (χ4v) is 5.24. The summed E-state index contributed by atoms with van der Waals surface area (Å²) in [6.07, 6.45) is 1.06. The summed E-state index contributed by atoms with van der Waals surface area (Å²) in [5.74, 6) is -1.84. The molecule has 0 saturated carbocycles. The van der Waals surface area contributed by atoms with E-state index in [4.69, 9.17) is 23.9 Å². The molecular formula is C30H32N2O8. The van der Waals surface area contributed by atoms with Gasteiger partial charge in [0.05, 0.1) is 35.6 Å². The summed E-state index contributed by atoms with van der Waals surface area (Å²) in [5.41, 5.74) is 1.45. The van der Waals surface area contributed by atoms with E-state index in [1.807, 2.05) is 37.3 Å². The number of aromatic nitrogens is 2. The third-order valence-corrected chi connectivity index (χ3v) is 7.27. The maximum Gasteiger partial charge on any atom is 0.355 e. The van der Waals surface area contributed by atoms with Crippen molar-refractivity contribution < 1.29 is 33.3 Å². The number of fused-ring (bicyclic) bond motifs is 5. The first-order valence-corrected chi connectivity index (χ1v) is 13.7. The number of esters is 3. The molecule has 1 aromatic carbocycles. The maximum atomic E-state index is 13.6. The van der Waals surface area contributed by atoms with Crippen LogP contribution in [0.3, 0.4) is 0 Å². The van der Waals surface area contributed by atoms with Gasteiger partial charge < -0.3 is 23.5 Å². The molecule has 0 aliphatic carbocycles. The molecule has 0 radical (unpaired) electrons. The Labute approximate surface area is 231 Å². The van der Waals surface area contributed by atoms with Gasteiger partial charge in [-0.15, -0.1) is 0 Å². The van der Waals surface area contributed by atoms with Gasteiger partial charge in [0.15, 0.2) is 0 Å². The largest absolute Gasteiger partial charge is 0.463 e. The molecule has 10 heteroatoms. The van der Waals surface area contributed by atoms with E-state index in [0.717, 1.165) is 22.9 Å². The number of hydrogen-bond donors (Lipinski definition) is 0. The zero-order valence-corrected chi connectivity index (χ0v) is 22.7. The molecule has 3 aromatic rings. The lowest BCUT2D eigenvalue weighted by molar-refractivity contribution is -0.189. The van der Waals surface area contributed by atoms with Crippen molar-refractivity contribution in [3.8, 4) is 11.4 Å². The van der Waals surface area contributed by atoms with E-state index < -0.39 is 23.5 Å². The average molecular weight is 549 g/mol. The van der Waals surface area contributed by atoms with Crippen molar-refractivity contribution in [2.24, 2.45) is 0 Å². The van der Waals surface area contributed by atoms with Crippen molar-refractivity contribution in [1.29, 1.82) is 0 Å². The van der Waals surface area contributed by atoms with E-state index >= 15 is 0 Å². The van der Waals surface area contributed by atoms with Crippen LogP contribution >= 0.6 is 0 Å². The monoisotopic (exact) mass is 548 g/mol. The Hall–Kier alpha value is -4.05. The molecule has 10 nitrogen and oxygen atoms in total. The fraction of sp³-hybridized carbons (Fsp3) is 0.433. The summed E-state index contributed by atoms with van der Waals surface area (Å²) < 4.78 is 23.2. The van der Waals surface area contributed by atoms with Crippen LogP contribution in [0, 0.1) is 0 Å². The smallest absolute Gasteiger partial charge is 0.355 e. The van der Waals surface area contributed by atoms with Gasteiger partial charge in [0.1, 0.15) is 13.2 Å². The number of nitrogens with zero attached hydrogens (tertiary/aromatic N) is 2. The van der Waals surface area contributed by atoms with Crippen LogP contribution in [0.4, 0.5) is 0 Å². The molecule has 0 N–H and O–H groups in total. The Balaban J connectivity index is 1.36. The van der Waals surface area contributed by atoms with Crippen molar-refractivity contribution in [2.45, 2.75) is 64.7 Å². The van der Waals surface area contributed by atoms with Crippen molar-refractivity contribution in [2.75, 3.05) is 19.8 Å². The van der Waals surface area contributed by atoms with Gasteiger partial charge in [-0.1, -0.05) is 32.0 Å². The highest BCUT2D eigenvalue weighted by atomic mass is 16.6. The van der Waals surface area contributed by atoms with Gasteiger partial charge in [-0.3, -0.25) is 14.4 Å². The molecule has 40 heavy (non-hydrogen) atoms. The average Bonchev–Trinajstić information content (AvgIpc) is 3.31. The molecule has 2 aromatic heterocycles. The number of hydrogen-bond acceptors (Lipinski definition) is 9. The number of carbonyl (C=O) groups is 3. The van der Waals surface area contributed by atoms with Crippen LogP contribution in [0.5, 0.6) is 0 Å². The van der Waals surface area contributed by atoms with Gasteiger partial charge in [0, 0.05) is 36.0 Å². The van der Waals surface area contributed by atoms with Crippen molar-refractivity contribution >= 4 is 28.8 Å². The second kappa shape index (κ2) is 11.6. The van der Waals surface area contributed by atoms with E-state index in [0.29, 0.717) is 36.7 Å². The van der Waals surface area contributed by atoms with Gasteiger partial charge in [0.2, 0.25) is 5.60 Å². The predicted molar refractivity (Wildman–Crippen MR) is 144 cm³/mol. The molecule has 1 atom stereocenters. The molecule has 2 aliphatic rings. The minimum Gasteiger partial charge on any atom is -0.463 e. The van der Waals surface area contributed by atoms with Crippen molar-refractivity contribution in [3.63, 3.8) is 0 Å². The van der Waals surface area contributed by atoms with E-state index in [2.05, 4.69) is 0 Å². The standard InChI is InChI=1S/C30H32N2O8/c1-3-12-37-13-14-38-25(33)10-7-11-26(34)40-30(4-2)22-16-24-27-20(15-19-8-5-6-9-23(19)31-27)17-32(24)28(35)21(22)18-39-29(30)36/h5-6,8-9,15-16H,3-4,7,10-14,17-18H2,1-2H3. The van der Waals surface area contributed by atoms with E-state index in [-0.39, 0.29) is 50.0 Å². The third-order valence-electron chi connectivity index (χ3n) is 7.27. The third kappa shape index (κ3) is 5.11. The number of ether oxygens (including phenoxy) is 4. The molecule has 0 spiro atoms. The first kappa shape index (κ1) is 27.5. The van der Waals surface area contributed by atoms with Crippen LogP contribution in [0.2, 0.25) is 0 Å². The predicted octanol–water partition coefficient (Wildman–Crippen LogP) is 3.77. The van der Waals surface area contributed by atoms with Crippen LogP contribution < -0.4 is 5.56 Å². The molecular weight excluding hydrogens is 516 g/mol. The molecule has 0 fully saturated rings. The quantitative estimate of drug-likeness (QED) is 0.157. The minimum absolute atomic E-state index is 0.0221. The highest BCUT2D eigenvalue weighted by Crippen LogP contribution is 2.41. The first-order valence-electron chi connectivity index (χ1n) is 13.7. The minimum atomic E-state index is -1.77.